The van der Waals surface area contributed by atoms with E-state index in [9.17, 15) is 14.4 Å². The van der Waals surface area contributed by atoms with Gasteiger partial charge in [-0.1, -0.05) is 52.8 Å². The summed E-state index contributed by atoms with van der Waals surface area (Å²) in [6, 6.07) is 27.1. The van der Waals surface area contributed by atoms with Gasteiger partial charge in [0.25, 0.3) is 0 Å². The van der Waals surface area contributed by atoms with Crippen molar-refractivity contribution in [2.45, 2.75) is 64.3 Å². The molecule has 0 atom stereocenters. The predicted molar refractivity (Wildman–Crippen MR) is 192 cm³/mol. The van der Waals surface area contributed by atoms with Gasteiger partial charge in [-0.3, -0.25) is 4.79 Å². The fraction of sp³-hybridized carbons (Fsp3) is 0.275. The molecule has 0 bridgehead atoms. The Labute approximate surface area is 300 Å². The Morgan fingerprint density at radius 3 is 1.86 bits per heavy atom. The van der Waals surface area contributed by atoms with E-state index in [1.165, 1.54) is 14.0 Å². The quantitative estimate of drug-likeness (QED) is 0.0800. The van der Waals surface area contributed by atoms with E-state index in [4.69, 9.17) is 28.4 Å². The van der Waals surface area contributed by atoms with Gasteiger partial charge in [0.2, 0.25) is 5.60 Å². The van der Waals surface area contributed by atoms with Gasteiger partial charge in [0.15, 0.2) is 11.5 Å². The van der Waals surface area contributed by atoms with Gasteiger partial charge in [-0.2, -0.15) is 0 Å². The maximum atomic E-state index is 13.1. The molecule has 0 radical (unpaired) electrons. The molecule has 9 nitrogen and oxygen atoms in total. The summed E-state index contributed by atoms with van der Waals surface area (Å²) in [6.45, 7) is 8.56. The minimum absolute atomic E-state index is 0.00627. The molecule has 0 aromatic heterocycles. The van der Waals surface area contributed by atoms with Crippen molar-refractivity contribution in [2.75, 3.05) is 7.11 Å². The van der Waals surface area contributed by atoms with E-state index in [1.807, 2.05) is 48.5 Å². The molecule has 0 unspecified atom stereocenters. The maximum Gasteiger partial charge on any atom is 0.355 e. The molecule has 0 heterocycles. The standard InChI is InChI=1S/C40H39BrO9/c1-25(29-10-23-36(37(24-29)45-5)49-39(44)40(3,4)50-35-17-11-30(41)12-18-35)38(43)48-34-21-19-33(20-22-34)47-32-15-8-28(9-16-32)27-6-13-31(14-7-27)46-26(2)42/h6-18,23-24,33-34H,1,19-22H2,2-5H3. The molecule has 0 amide bonds. The molecule has 1 fully saturated rings. The second kappa shape index (κ2) is 16.1. The van der Waals surface area contributed by atoms with Crippen molar-refractivity contribution < 1.29 is 42.8 Å². The van der Waals surface area contributed by atoms with Crippen LogP contribution in [0.2, 0.25) is 0 Å². The lowest BCUT2D eigenvalue weighted by molar-refractivity contribution is -0.149. The van der Waals surface area contributed by atoms with Gasteiger partial charge in [0, 0.05) is 11.4 Å². The van der Waals surface area contributed by atoms with Crippen LogP contribution in [0.5, 0.6) is 28.7 Å². The van der Waals surface area contributed by atoms with Gasteiger partial charge in [-0.05, 0) is 117 Å². The van der Waals surface area contributed by atoms with Crippen LogP contribution in [0.3, 0.4) is 0 Å². The Kier molecular flexibility index (Phi) is 11.6. The zero-order valence-electron chi connectivity index (χ0n) is 28.4. The van der Waals surface area contributed by atoms with Crippen molar-refractivity contribution in [2.24, 2.45) is 0 Å². The summed E-state index contributed by atoms with van der Waals surface area (Å²) < 4.78 is 35.0. The normalized spacial score (nSPS) is 15.7. The smallest absolute Gasteiger partial charge is 0.355 e. The number of hydrogen-bond donors (Lipinski definition) is 0. The number of hydrogen-bond acceptors (Lipinski definition) is 9. The Bertz CT molecular complexity index is 1820. The van der Waals surface area contributed by atoms with Crippen LogP contribution in [-0.4, -0.2) is 42.8 Å². The second-order valence-electron chi connectivity index (χ2n) is 12.4. The lowest BCUT2D eigenvalue weighted by atomic mass is 9.94. The fourth-order valence-electron chi connectivity index (χ4n) is 5.41. The number of ether oxygens (including phenoxy) is 6. The molecule has 1 aliphatic rings. The number of rotatable bonds is 12. The minimum Gasteiger partial charge on any atom is -0.493 e. The summed E-state index contributed by atoms with van der Waals surface area (Å²) in [4.78, 5) is 37.2. The third kappa shape index (κ3) is 9.53. The zero-order valence-corrected chi connectivity index (χ0v) is 30.0. The molecule has 4 aromatic rings. The van der Waals surface area contributed by atoms with Crippen molar-refractivity contribution in [3.8, 4) is 39.9 Å². The third-order valence-corrected chi connectivity index (χ3v) is 8.67. The summed E-state index contributed by atoms with van der Waals surface area (Å²) in [6.07, 6.45) is 2.54. The summed E-state index contributed by atoms with van der Waals surface area (Å²) in [7, 11) is 1.45. The second-order valence-corrected chi connectivity index (χ2v) is 13.3. The van der Waals surface area contributed by atoms with Gasteiger partial charge in [0.05, 0.1) is 18.8 Å². The van der Waals surface area contributed by atoms with Crippen LogP contribution in [-0.2, 0) is 19.1 Å². The Balaban J connectivity index is 1.10. The first-order valence-corrected chi connectivity index (χ1v) is 17.0. The molecule has 0 aliphatic heterocycles. The molecule has 5 rings (SSSR count). The number of carbonyl (C=O) groups is 3. The zero-order chi connectivity index (χ0) is 35.8. The Morgan fingerprint density at radius 1 is 0.720 bits per heavy atom. The Morgan fingerprint density at radius 2 is 1.28 bits per heavy atom. The van der Waals surface area contributed by atoms with Gasteiger partial charge >= 0.3 is 17.9 Å². The number of carbonyl (C=O) groups excluding carboxylic acids is 3. The highest BCUT2D eigenvalue weighted by Crippen LogP contribution is 2.34. The van der Waals surface area contributed by atoms with Gasteiger partial charge in [0.1, 0.15) is 23.4 Å². The average Bonchev–Trinajstić information content (AvgIpc) is 3.10. The van der Waals surface area contributed by atoms with E-state index >= 15 is 0 Å². The molecule has 260 valence electrons. The molecular formula is C40H39BrO9. The first-order chi connectivity index (χ1) is 23.9. The van der Waals surface area contributed by atoms with E-state index < -0.39 is 17.5 Å². The number of esters is 3. The number of methoxy groups -OCH3 is 1. The maximum absolute atomic E-state index is 13.1. The highest BCUT2D eigenvalue weighted by molar-refractivity contribution is 9.10. The van der Waals surface area contributed by atoms with Crippen LogP contribution in [0.25, 0.3) is 16.7 Å². The number of benzene rings is 4. The fourth-order valence-corrected chi connectivity index (χ4v) is 5.67. The Hall–Kier alpha value is -5.09. The topological polar surface area (TPSA) is 107 Å². The minimum atomic E-state index is -1.29. The van der Waals surface area contributed by atoms with Crippen LogP contribution in [0.1, 0.15) is 52.0 Å². The lowest BCUT2D eigenvalue weighted by Gasteiger charge is -2.29. The third-order valence-electron chi connectivity index (χ3n) is 8.14. The van der Waals surface area contributed by atoms with Crippen molar-refractivity contribution >= 4 is 39.4 Å². The monoisotopic (exact) mass is 742 g/mol. The summed E-state index contributed by atoms with van der Waals surface area (Å²) in [5.41, 5.74) is 1.37. The molecule has 0 spiro atoms. The van der Waals surface area contributed by atoms with Gasteiger partial charge < -0.3 is 28.4 Å². The van der Waals surface area contributed by atoms with Crippen LogP contribution < -0.4 is 23.7 Å². The molecule has 0 N–H and O–H groups in total. The van der Waals surface area contributed by atoms with Crippen molar-refractivity contribution in [1.29, 1.82) is 0 Å². The van der Waals surface area contributed by atoms with E-state index in [1.54, 1.807) is 56.3 Å². The highest BCUT2D eigenvalue weighted by Gasteiger charge is 2.33. The predicted octanol–water partition coefficient (Wildman–Crippen LogP) is 8.76. The molecule has 50 heavy (non-hydrogen) atoms. The largest absolute Gasteiger partial charge is 0.493 e. The first-order valence-electron chi connectivity index (χ1n) is 16.2. The summed E-state index contributed by atoms with van der Waals surface area (Å²) in [5, 5.41) is 0. The molecule has 0 saturated heterocycles. The van der Waals surface area contributed by atoms with Crippen LogP contribution >= 0.6 is 15.9 Å². The van der Waals surface area contributed by atoms with E-state index in [0.717, 1.165) is 34.2 Å². The number of halogens is 1. The van der Waals surface area contributed by atoms with Crippen LogP contribution in [0, 0.1) is 0 Å². The first kappa shape index (κ1) is 36.2. The summed E-state index contributed by atoms with van der Waals surface area (Å²) >= 11 is 3.38. The molecule has 1 saturated carbocycles. The van der Waals surface area contributed by atoms with Crippen LogP contribution in [0.4, 0.5) is 0 Å². The molecule has 1 aliphatic carbocycles. The van der Waals surface area contributed by atoms with E-state index in [2.05, 4.69) is 22.5 Å². The molecule has 4 aromatic carbocycles. The highest BCUT2D eigenvalue weighted by atomic mass is 79.9. The van der Waals surface area contributed by atoms with E-state index in [0.29, 0.717) is 29.9 Å². The van der Waals surface area contributed by atoms with Gasteiger partial charge in [-0.15, -0.1) is 0 Å². The van der Waals surface area contributed by atoms with Crippen molar-refractivity contribution in [3.63, 3.8) is 0 Å². The molecular weight excluding hydrogens is 704 g/mol. The molecule has 10 heteroatoms. The van der Waals surface area contributed by atoms with Gasteiger partial charge in [-0.25, -0.2) is 9.59 Å². The van der Waals surface area contributed by atoms with Crippen molar-refractivity contribution in [1.82, 2.24) is 0 Å². The summed E-state index contributed by atoms with van der Waals surface area (Å²) in [5.74, 6) is 0.721. The van der Waals surface area contributed by atoms with E-state index in [-0.39, 0.29) is 35.2 Å². The van der Waals surface area contributed by atoms with Crippen molar-refractivity contribution in [3.05, 3.63) is 108 Å². The lowest BCUT2D eigenvalue weighted by Crippen LogP contribution is -2.41. The van der Waals surface area contributed by atoms with Crippen LogP contribution in [0.15, 0.2) is 102 Å². The average molecular weight is 744 g/mol. The SMILES string of the molecule is C=C(C(=O)OC1CCC(Oc2ccc(-c3ccc(OC(C)=O)cc3)cc2)CC1)c1ccc(OC(=O)C(C)(C)Oc2ccc(Br)cc2)c(OC)c1.